The molecule has 0 radical (unpaired) electrons. The Morgan fingerprint density at radius 3 is 2.16 bits per heavy atom. The number of carbonyl (C=O) groups excluding carboxylic acids is 2. The van der Waals surface area contributed by atoms with Gasteiger partial charge in [-0.25, -0.2) is 0 Å². The van der Waals surface area contributed by atoms with Gasteiger partial charge in [-0.15, -0.1) is 11.8 Å². The Kier molecular flexibility index (Phi) is 5.76. The highest BCUT2D eigenvalue weighted by atomic mass is 32.2. The second-order valence-corrected chi connectivity index (χ2v) is 7.35. The monoisotopic (exact) mass is 354 g/mol. The SMILES string of the molecule is Cc1ccc(CSCC(=O)Nc2ccc(NC(=O)C3CC3)cc2)cc1. The molecule has 2 aromatic rings. The maximum Gasteiger partial charge on any atom is 0.234 e. The number of hydrogen-bond donors (Lipinski definition) is 2. The van der Waals surface area contributed by atoms with Crippen LogP contribution in [-0.2, 0) is 15.3 Å². The van der Waals surface area contributed by atoms with Crippen LogP contribution in [0.3, 0.4) is 0 Å². The summed E-state index contributed by atoms with van der Waals surface area (Å²) in [5.74, 6) is 1.48. The summed E-state index contributed by atoms with van der Waals surface area (Å²) in [5, 5.41) is 5.77. The van der Waals surface area contributed by atoms with E-state index < -0.39 is 0 Å². The van der Waals surface area contributed by atoms with E-state index in [2.05, 4.69) is 41.8 Å². The zero-order chi connectivity index (χ0) is 17.6. The lowest BCUT2D eigenvalue weighted by molar-refractivity contribution is -0.117. The smallest absolute Gasteiger partial charge is 0.234 e. The van der Waals surface area contributed by atoms with Crippen LogP contribution >= 0.6 is 11.8 Å². The van der Waals surface area contributed by atoms with Gasteiger partial charge in [0.25, 0.3) is 0 Å². The Morgan fingerprint density at radius 2 is 1.56 bits per heavy atom. The molecule has 1 aliphatic rings. The lowest BCUT2D eigenvalue weighted by Crippen LogP contribution is -2.15. The Bertz CT molecular complexity index is 737. The maximum absolute atomic E-state index is 12.0. The summed E-state index contributed by atoms with van der Waals surface area (Å²) >= 11 is 1.59. The van der Waals surface area contributed by atoms with Crippen LogP contribution < -0.4 is 10.6 Å². The van der Waals surface area contributed by atoms with Crippen molar-refractivity contribution in [3.8, 4) is 0 Å². The minimum atomic E-state index is -0.0214. The minimum absolute atomic E-state index is 0.0214. The van der Waals surface area contributed by atoms with Crippen molar-refractivity contribution < 1.29 is 9.59 Å². The van der Waals surface area contributed by atoms with E-state index in [1.54, 1.807) is 11.8 Å². The molecule has 0 unspecified atom stereocenters. The average Bonchev–Trinajstić information content (AvgIpc) is 3.43. The Labute approximate surface area is 152 Å². The molecule has 5 heteroatoms. The normalized spacial score (nSPS) is 13.3. The number of carbonyl (C=O) groups is 2. The fourth-order valence-corrected chi connectivity index (χ4v) is 3.16. The molecule has 0 saturated heterocycles. The summed E-state index contributed by atoms with van der Waals surface area (Å²) in [7, 11) is 0. The van der Waals surface area contributed by atoms with Gasteiger partial charge in [0.2, 0.25) is 11.8 Å². The topological polar surface area (TPSA) is 58.2 Å². The van der Waals surface area contributed by atoms with E-state index in [0.717, 1.165) is 30.0 Å². The number of hydrogen-bond acceptors (Lipinski definition) is 3. The van der Waals surface area contributed by atoms with Crippen LogP contribution in [0.15, 0.2) is 48.5 Å². The lowest BCUT2D eigenvalue weighted by atomic mass is 10.2. The summed E-state index contributed by atoms with van der Waals surface area (Å²) in [6.45, 7) is 2.06. The highest BCUT2D eigenvalue weighted by Gasteiger charge is 2.29. The molecule has 1 aliphatic carbocycles. The number of rotatable bonds is 7. The molecule has 0 aliphatic heterocycles. The van der Waals surface area contributed by atoms with Crippen LogP contribution in [0, 0.1) is 12.8 Å². The summed E-state index contributed by atoms with van der Waals surface area (Å²) in [4.78, 5) is 23.7. The minimum Gasteiger partial charge on any atom is -0.326 e. The maximum atomic E-state index is 12.0. The first kappa shape index (κ1) is 17.5. The molecule has 4 nitrogen and oxygen atoms in total. The van der Waals surface area contributed by atoms with E-state index in [4.69, 9.17) is 0 Å². The van der Waals surface area contributed by atoms with Gasteiger partial charge in [-0.2, -0.15) is 0 Å². The second kappa shape index (κ2) is 8.21. The quantitative estimate of drug-likeness (QED) is 0.783. The molecule has 2 N–H and O–H groups in total. The molecule has 25 heavy (non-hydrogen) atoms. The standard InChI is InChI=1S/C20H22N2O2S/c1-14-2-4-15(5-3-14)12-25-13-19(23)21-17-8-10-18(11-9-17)22-20(24)16-6-7-16/h2-5,8-11,16H,6-7,12-13H2,1H3,(H,21,23)(H,22,24). The van der Waals surface area contributed by atoms with Gasteiger partial charge < -0.3 is 10.6 Å². The molecular weight excluding hydrogens is 332 g/mol. The first-order valence-corrected chi connectivity index (χ1v) is 9.60. The number of aryl methyl sites for hydroxylation is 1. The molecule has 3 rings (SSSR count). The third-order valence-corrected chi connectivity index (χ3v) is 5.01. The molecule has 0 spiro atoms. The first-order chi connectivity index (χ1) is 12.1. The summed E-state index contributed by atoms with van der Waals surface area (Å²) in [6.07, 6.45) is 1.97. The van der Waals surface area contributed by atoms with Gasteiger partial charge in [-0.3, -0.25) is 9.59 Å². The Balaban J connectivity index is 1.41. The van der Waals surface area contributed by atoms with Gasteiger partial charge in [-0.1, -0.05) is 29.8 Å². The van der Waals surface area contributed by atoms with Gasteiger partial charge in [0.15, 0.2) is 0 Å². The van der Waals surface area contributed by atoms with Crippen LogP contribution in [-0.4, -0.2) is 17.6 Å². The largest absolute Gasteiger partial charge is 0.326 e. The van der Waals surface area contributed by atoms with Crippen molar-refractivity contribution in [3.63, 3.8) is 0 Å². The predicted molar refractivity (Wildman–Crippen MR) is 104 cm³/mol. The lowest BCUT2D eigenvalue weighted by Gasteiger charge is -2.08. The van der Waals surface area contributed by atoms with Crippen molar-refractivity contribution in [1.82, 2.24) is 0 Å². The zero-order valence-electron chi connectivity index (χ0n) is 14.2. The van der Waals surface area contributed by atoms with Crippen molar-refractivity contribution in [3.05, 3.63) is 59.7 Å². The van der Waals surface area contributed by atoms with Crippen molar-refractivity contribution in [2.24, 2.45) is 5.92 Å². The predicted octanol–water partition coefficient (Wildman–Crippen LogP) is 4.22. The molecule has 0 aromatic heterocycles. The second-order valence-electron chi connectivity index (χ2n) is 6.37. The van der Waals surface area contributed by atoms with Gasteiger partial charge in [0.1, 0.15) is 0 Å². The van der Waals surface area contributed by atoms with Crippen molar-refractivity contribution in [2.75, 3.05) is 16.4 Å². The molecular formula is C20H22N2O2S. The molecule has 2 aromatic carbocycles. The van der Waals surface area contributed by atoms with E-state index in [9.17, 15) is 9.59 Å². The van der Waals surface area contributed by atoms with Crippen LogP contribution in [0.4, 0.5) is 11.4 Å². The first-order valence-electron chi connectivity index (χ1n) is 8.44. The average molecular weight is 354 g/mol. The van der Waals surface area contributed by atoms with Crippen molar-refractivity contribution in [1.29, 1.82) is 0 Å². The van der Waals surface area contributed by atoms with Crippen LogP contribution in [0.5, 0.6) is 0 Å². The number of anilines is 2. The van der Waals surface area contributed by atoms with Gasteiger partial charge >= 0.3 is 0 Å². The van der Waals surface area contributed by atoms with Crippen molar-refractivity contribution in [2.45, 2.75) is 25.5 Å². The number of amides is 2. The zero-order valence-corrected chi connectivity index (χ0v) is 15.1. The van der Waals surface area contributed by atoms with E-state index in [1.807, 2.05) is 24.3 Å². The highest BCUT2D eigenvalue weighted by Crippen LogP contribution is 2.30. The number of nitrogens with one attached hydrogen (secondary N) is 2. The molecule has 130 valence electrons. The van der Waals surface area contributed by atoms with Crippen LogP contribution in [0.1, 0.15) is 24.0 Å². The van der Waals surface area contributed by atoms with Gasteiger partial charge in [0, 0.05) is 23.0 Å². The molecule has 0 atom stereocenters. The van der Waals surface area contributed by atoms with Crippen LogP contribution in [0.2, 0.25) is 0 Å². The fourth-order valence-electron chi connectivity index (χ4n) is 2.37. The molecule has 0 heterocycles. The van der Waals surface area contributed by atoms with E-state index in [-0.39, 0.29) is 17.7 Å². The van der Waals surface area contributed by atoms with E-state index in [1.165, 1.54) is 11.1 Å². The Morgan fingerprint density at radius 1 is 0.960 bits per heavy atom. The Hall–Kier alpha value is -2.27. The summed E-state index contributed by atoms with van der Waals surface area (Å²) < 4.78 is 0. The molecule has 1 saturated carbocycles. The van der Waals surface area contributed by atoms with Gasteiger partial charge in [-0.05, 0) is 49.6 Å². The number of thioether (sulfide) groups is 1. The summed E-state index contributed by atoms with van der Waals surface area (Å²) in [6, 6.07) is 15.6. The molecule has 2 amide bonds. The molecule has 1 fully saturated rings. The summed E-state index contributed by atoms with van der Waals surface area (Å²) in [5.41, 5.74) is 3.97. The highest BCUT2D eigenvalue weighted by molar-refractivity contribution is 7.99. The van der Waals surface area contributed by atoms with Crippen molar-refractivity contribution >= 4 is 35.0 Å². The van der Waals surface area contributed by atoms with Crippen LogP contribution in [0.25, 0.3) is 0 Å². The third-order valence-electron chi connectivity index (χ3n) is 4.01. The van der Waals surface area contributed by atoms with Gasteiger partial charge in [0.05, 0.1) is 5.75 Å². The third kappa shape index (κ3) is 5.64. The number of benzene rings is 2. The van der Waals surface area contributed by atoms with E-state index >= 15 is 0 Å². The molecule has 0 bridgehead atoms. The van der Waals surface area contributed by atoms with E-state index in [0.29, 0.717) is 5.75 Å². The fraction of sp³-hybridized carbons (Fsp3) is 0.300.